The highest BCUT2D eigenvalue weighted by Crippen LogP contribution is 2.22. The first-order chi connectivity index (χ1) is 13.9. The average molecular weight is 432 g/mol. The number of halogens is 3. The van der Waals surface area contributed by atoms with Crippen molar-refractivity contribution in [3.8, 4) is 0 Å². The Morgan fingerprint density at radius 3 is 2.20 bits per heavy atom. The number of amides is 1. The summed E-state index contributed by atoms with van der Waals surface area (Å²) in [5, 5.41) is 0. The van der Waals surface area contributed by atoms with E-state index in [1.54, 1.807) is 13.8 Å². The third-order valence-corrected chi connectivity index (χ3v) is 4.86. The van der Waals surface area contributed by atoms with Crippen LogP contribution in [0.5, 0.6) is 0 Å². The van der Waals surface area contributed by atoms with Crippen LogP contribution in [0.15, 0.2) is 0 Å². The van der Waals surface area contributed by atoms with Crippen molar-refractivity contribution < 1.29 is 41.8 Å². The summed E-state index contributed by atoms with van der Waals surface area (Å²) in [5.74, 6) is -1.87. The first-order valence-corrected chi connectivity index (χ1v) is 9.29. The minimum Gasteiger partial charge on any atom is -0.457 e. The van der Waals surface area contributed by atoms with Crippen LogP contribution in [0.25, 0.3) is 0 Å². The van der Waals surface area contributed by atoms with Gasteiger partial charge in [0.15, 0.2) is 19.0 Å². The zero-order chi connectivity index (χ0) is 22.6. The average Bonchev–Trinajstić information content (AvgIpc) is 2.97. The number of aromatic amines is 1. The molecule has 0 bridgehead atoms. The van der Waals surface area contributed by atoms with Gasteiger partial charge in [0.1, 0.15) is 0 Å². The van der Waals surface area contributed by atoms with Crippen molar-refractivity contribution in [1.82, 2.24) is 9.88 Å². The van der Waals surface area contributed by atoms with Gasteiger partial charge in [-0.25, -0.2) is 4.79 Å². The van der Waals surface area contributed by atoms with E-state index in [0.717, 1.165) is 4.90 Å². The number of H-pyrrole nitrogens is 1. The van der Waals surface area contributed by atoms with Crippen molar-refractivity contribution in [1.29, 1.82) is 0 Å². The van der Waals surface area contributed by atoms with Gasteiger partial charge in [-0.15, -0.1) is 0 Å². The minimum absolute atomic E-state index is 0.0430. The van der Waals surface area contributed by atoms with E-state index in [4.69, 9.17) is 4.74 Å². The Morgan fingerprint density at radius 2 is 1.70 bits per heavy atom. The number of hydrogen-bond donors (Lipinski definition) is 1. The van der Waals surface area contributed by atoms with Crippen LogP contribution in [-0.2, 0) is 14.3 Å². The number of Topliss-reactive ketones (excluding diaryl/α,β-unsaturated/α-hetero) is 2. The standard InChI is InChI=1S/C19H23F3N2O6/c1-10-15(12(3)25)11(2)23-16(10)14(26)8-29-17(27)13-4-6-24(7-5-13)18(28)30-9-19(20,21)22/h13,23H,4-9H2,1-3H3. The number of likely N-dealkylation sites (tertiary alicyclic amines) is 1. The first-order valence-electron chi connectivity index (χ1n) is 9.29. The van der Waals surface area contributed by atoms with Gasteiger partial charge in [0, 0.05) is 24.3 Å². The molecule has 0 aromatic carbocycles. The lowest BCUT2D eigenvalue weighted by Gasteiger charge is -2.30. The predicted molar refractivity (Wildman–Crippen MR) is 97.3 cm³/mol. The van der Waals surface area contributed by atoms with Crippen molar-refractivity contribution in [2.45, 2.75) is 39.8 Å². The summed E-state index contributed by atoms with van der Waals surface area (Å²) in [6.07, 6.45) is -5.33. The fourth-order valence-electron chi connectivity index (χ4n) is 3.42. The van der Waals surface area contributed by atoms with Crippen molar-refractivity contribution in [2.75, 3.05) is 26.3 Å². The number of nitrogens with zero attached hydrogens (tertiary/aromatic N) is 1. The molecule has 1 aromatic heterocycles. The Bertz CT molecular complexity index is 838. The molecule has 2 rings (SSSR count). The van der Waals surface area contributed by atoms with Crippen LogP contribution in [0.2, 0.25) is 0 Å². The fourth-order valence-corrected chi connectivity index (χ4v) is 3.42. The summed E-state index contributed by atoms with van der Waals surface area (Å²) in [7, 11) is 0. The van der Waals surface area contributed by atoms with Crippen molar-refractivity contribution in [3.63, 3.8) is 0 Å². The van der Waals surface area contributed by atoms with Crippen LogP contribution in [0.1, 0.15) is 51.9 Å². The lowest BCUT2D eigenvalue weighted by molar-refractivity contribution is -0.162. The number of aromatic nitrogens is 1. The minimum atomic E-state index is -4.61. The van der Waals surface area contributed by atoms with E-state index in [0.29, 0.717) is 16.8 Å². The molecular formula is C19H23F3N2O6. The number of carbonyl (C=O) groups is 4. The van der Waals surface area contributed by atoms with Crippen LogP contribution in [0.4, 0.5) is 18.0 Å². The van der Waals surface area contributed by atoms with E-state index in [1.165, 1.54) is 6.92 Å². The molecule has 1 aliphatic rings. The third-order valence-electron chi connectivity index (χ3n) is 4.86. The van der Waals surface area contributed by atoms with E-state index in [2.05, 4.69) is 9.72 Å². The topological polar surface area (TPSA) is 106 Å². The molecule has 11 heteroatoms. The Morgan fingerprint density at radius 1 is 1.10 bits per heavy atom. The second-order valence-electron chi connectivity index (χ2n) is 7.14. The van der Waals surface area contributed by atoms with Crippen LogP contribution < -0.4 is 0 Å². The molecule has 1 fully saturated rings. The van der Waals surface area contributed by atoms with E-state index < -0.39 is 43.2 Å². The van der Waals surface area contributed by atoms with Gasteiger partial charge >= 0.3 is 18.2 Å². The maximum absolute atomic E-state index is 12.4. The van der Waals surface area contributed by atoms with Crippen LogP contribution in [0.3, 0.4) is 0 Å². The van der Waals surface area contributed by atoms with Gasteiger partial charge in [0.25, 0.3) is 0 Å². The van der Waals surface area contributed by atoms with Crippen molar-refractivity contribution in [2.24, 2.45) is 5.92 Å². The third kappa shape index (κ3) is 5.83. The molecule has 0 saturated carbocycles. The molecule has 0 spiro atoms. The van der Waals surface area contributed by atoms with Crippen molar-refractivity contribution in [3.05, 3.63) is 22.5 Å². The molecule has 166 valence electrons. The molecule has 0 unspecified atom stereocenters. The quantitative estimate of drug-likeness (QED) is 0.547. The van der Waals surface area contributed by atoms with Gasteiger partial charge < -0.3 is 19.4 Å². The predicted octanol–water partition coefficient (Wildman–Crippen LogP) is 2.97. The molecular weight excluding hydrogens is 409 g/mol. The largest absolute Gasteiger partial charge is 0.457 e. The fraction of sp³-hybridized carbons (Fsp3) is 0.579. The van der Waals surface area contributed by atoms with Gasteiger partial charge in [-0.1, -0.05) is 0 Å². The molecule has 1 aliphatic heterocycles. The SMILES string of the molecule is CC(=O)c1c(C)[nH]c(C(=O)COC(=O)C2CCN(C(=O)OCC(F)(F)F)CC2)c1C. The highest BCUT2D eigenvalue weighted by atomic mass is 19.4. The lowest BCUT2D eigenvalue weighted by atomic mass is 9.97. The van der Waals surface area contributed by atoms with Gasteiger partial charge in [0.05, 0.1) is 11.6 Å². The summed E-state index contributed by atoms with van der Waals surface area (Å²) >= 11 is 0. The molecule has 1 N–H and O–H groups in total. The molecule has 1 saturated heterocycles. The molecule has 0 aliphatic carbocycles. The number of ketones is 2. The zero-order valence-electron chi connectivity index (χ0n) is 16.9. The number of hydrogen-bond acceptors (Lipinski definition) is 6. The summed E-state index contributed by atoms with van der Waals surface area (Å²) in [5.41, 5.74) is 1.67. The van der Waals surface area contributed by atoms with E-state index in [9.17, 15) is 32.3 Å². The number of carbonyl (C=O) groups excluding carboxylic acids is 4. The molecule has 1 amide bonds. The number of piperidine rings is 1. The summed E-state index contributed by atoms with van der Waals surface area (Å²) in [6.45, 7) is 2.60. The number of alkyl halides is 3. The number of aryl methyl sites for hydroxylation is 1. The second-order valence-corrected chi connectivity index (χ2v) is 7.14. The maximum atomic E-state index is 12.4. The monoisotopic (exact) mass is 432 g/mol. The summed E-state index contributed by atoms with van der Waals surface area (Å²) < 4.78 is 45.6. The van der Waals surface area contributed by atoms with Crippen LogP contribution >= 0.6 is 0 Å². The van der Waals surface area contributed by atoms with Crippen LogP contribution in [0, 0.1) is 19.8 Å². The van der Waals surface area contributed by atoms with Crippen molar-refractivity contribution >= 4 is 23.6 Å². The number of nitrogens with one attached hydrogen (secondary N) is 1. The van der Waals surface area contributed by atoms with Gasteiger partial charge in [0.2, 0.25) is 5.78 Å². The molecule has 8 nitrogen and oxygen atoms in total. The zero-order valence-corrected chi connectivity index (χ0v) is 16.9. The smallest absolute Gasteiger partial charge is 0.422 e. The first kappa shape index (κ1) is 23.4. The van der Waals surface area contributed by atoms with Crippen LogP contribution in [-0.4, -0.2) is 66.0 Å². The molecule has 30 heavy (non-hydrogen) atoms. The maximum Gasteiger partial charge on any atom is 0.422 e. The highest BCUT2D eigenvalue weighted by molar-refractivity contribution is 6.04. The van der Waals surface area contributed by atoms with Gasteiger partial charge in [-0.2, -0.15) is 13.2 Å². The summed E-state index contributed by atoms with van der Waals surface area (Å²) in [6, 6.07) is 0. The normalized spacial score (nSPS) is 15.1. The number of rotatable bonds is 6. The Hall–Kier alpha value is -2.85. The lowest BCUT2D eigenvalue weighted by Crippen LogP contribution is -2.42. The van der Waals surface area contributed by atoms with E-state index in [1.807, 2.05) is 0 Å². The molecule has 0 radical (unpaired) electrons. The molecule has 0 atom stereocenters. The number of esters is 1. The Kier molecular flexibility index (Phi) is 7.27. The Balaban J connectivity index is 1.83. The Labute approximate surface area is 170 Å². The summed E-state index contributed by atoms with van der Waals surface area (Å²) in [4.78, 5) is 51.8. The van der Waals surface area contributed by atoms with Gasteiger partial charge in [-0.3, -0.25) is 14.4 Å². The second kappa shape index (κ2) is 9.31. The molecule has 1 aromatic rings. The number of ether oxygens (including phenoxy) is 2. The van der Waals surface area contributed by atoms with E-state index in [-0.39, 0.29) is 37.4 Å². The van der Waals surface area contributed by atoms with E-state index >= 15 is 0 Å². The molecule has 2 heterocycles. The highest BCUT2D eigenvalue weighted by Gasteiger charge is 2.33. The van der Waals surface area contributed by atoms with Gasteiger partial charge in [-0.05, 0) is 39.2 Å².